The Morgan fingerprint density at radius 1 is 1.53 bits per heavy atom. The van der Waals surface area contributed by atoms with Crippen LogP contribution in [0.2, 0.25) is 5.02 Å². The summed E-state index contributed by atoms with van der Waals surface area (Å²) in [6.07, 6.45) is 0. The monoisotopic (exact) mass is 224 g/mol. The Balaban J connectivity index is 3.29. The van der Waals surface area contributed by atoms with E-state index in [0.717, 1.165) is 0 Å². The first-order valence-electron chi connectivity index (χ1n) is 4.13. The molecule has 0 aliphatic carbocycles. The van der Waals surface area contributed by atoms with Crippen LogP contribution >= 0.6 is 11.6 Å². The van der Waals surface area contributed by atoms with Crippen LogP contribution in [0, 0.1) is 11.8 Å². The van der Waals surface area contributed by atoms with Crippen molar-refractivity contribution in [3.63, 3.8) is 0 Å². The second-order valence-corrected chi connectivity index (χ2v) is 3.12. The molecule has 0 unspecified atom stereocenters. The summed E-state index contributed by atoms with van der Waals surface area (Å²) in [6.45, 7) is 1.65. The predicted molar refractivity (Wildman–Crippen MR) is 57.0 cm³/mol. The Kier molecular flexibility index (Phi) is 3.59. The summed E-state index contributed by atoms with van der Waals surface area (Å²) >= 11 is 5.86. The van der Waals surface area contributed by atoms with Crippen molar-refractivity contribution in [1.82, 2.24) is 0 Å². The quantitative estimate of drug-likeness (QED) is 0.588. The van der Waals surface area contributed by atoms with Gasteiger partial charge in [-0.1, -0.05) is 17.5 Å². The van der Waals surface area contributed by atoms with Crippen molar-refractivity contribution in [2.45, 2.75) is 6.92 Å². The lowest BCUT2D eigenvalue weighted by atomic mass is 10.1. The number of hydrogen-bond acceptors (Lipinski definition) is 3. The molecule has 3 nitrogen and oxygen atoms in total. The largest absolute Gasteiger partial charge is 0.507 e. The molecule has 0 amide bonds. The number of halogens is 1. The molecule has 1 rings (SSSR count). The molecule has 0 spiro atoms. The SMILES string of the molecule is CC#Cc1cc(O)c(C(=O)OC)cc1Cl. The third-order valence-corrected chi connectivity index (χ3v) is 2.06. The van der Waals surface area contributed by atoms with Crippen molar-refractivity contribution in [2.75, 3.05) is 7.11 Å². The zero-order valence-electron chi connectivity index (χ0n) is 8.30. The van der Waals surface area contributed by atoms with Gasteiger partial charge in [0.15, 0.2) is 0 Å². The van der Waals surface area contributed by atoms with Crippen molar-refractivity contribution in [2.24, 2.45) is 0 Å². The number of ether oxygens (including phenoxy) is 1. The second-order valence-electron chi connectivity index (χ2n) is 2.72. The Labute approximate surface area is 92.6 Å². The lowest BCUT2D eigenvalue weighted by molar-refractivity contribution is 0.0597. The minimum Gasteiger partial charge on any atom is -0.507 e. The summed E-state index contributed by atoms with van der Waals surface area (Å²) < 4.78 is 4.48. The highest BCUT2D eigenvalue weighted by molar-refractivity contribution is 6.32. The summed E-state index contributed by atoms with van der Waals surface area (Å²) in [5.74, 6) is 4.54. The van der Waals surface area contributed by atoms with E-state index >= 15 is 0 Å². The van der Waals surface area contributed by atoms with Crippen LogP contribution in [0.3, 0.4) is 0 Å². The maximum atomic E-state index is 11.2. The van der Waals surface area contributed by atoms with Crippen LogP contribution < -0.4 is 0 Å². The number of methoxy groups -OCH3 is 1. The average molecular weight is 225 g/mol. The molecule has 0 aromatic heterocycles. The van der Waals surface area contributed by atoms with Crippen molar-refractivity contribution >= 4 is 17.6 Å². The van der Waals surface area contributed by atoms with Crippen LogP contribution in [0.5, 0.6) is 5.75 Å². The first kappa shape index (κ1) is 11.4. The Morgan fingerprint density at radius 3 is 2.73 bits per heavy atom. The molecular weight excluding hydrogens is 216 g/mol. The van der Waals surface area contributed by atoms with E-state index in [1.807, 2.05) is 0 Å². The first-order chi connectivity index (χ1) is 7.10. The van der Waals surface area contributed by atoms with E-state index in [9.17, 15) is 9.90 Å². The van der Waals surface area contributed by atoms with E-state index in [-0.39, 0.29) is 11.3 Å². The van der Waals surface area contributed by atoms with Crippen LogP contribution in [0.15, 0.2) is 12.1 Å². The number of benzene rings is 1. The van der Waals surface area contributed by atoms with Gasteiger partial charge in [-0.25, -0.2) is 4.79 Å². The zero-order valence-corrected chi connectivity index (χ0v) is 9.05. The van der Waals surface area contributed by atoms with Crippen LogP contribution in [0.1, 0.15) is 22.8 Å². The van der Waals surface area contributed by atoms with E-state index < -0.39 is 5.97 Å². The molecule has 4 heteroatoms. The summed E-state index contributed by atoms with van der Waals surface area (Å²) in [6, 6.07) is 2.67. The summed E-state index contributed by atoms with van der Waals surface area (Å²) in [4.78, 5) is 11.2. The first-order valence-corrected chi connectivity index (χ1v) is 4.51. The van der Waals surface area contributed by atoms with Gasteiger partial charge in [0.1, 0.15) is 11.3 Å². The van der Waals surface area contributed by atoms with Gasteiger partial charge in [0.25, 0.3) is 0 Å². The van der Waals surface area contributed by atoms with Crippen molar-refractivity contribution in [3.8, 4) is 17.6 Å². The van der Waals surface area contributed by atoms with E-state index in [1.54, 1.807) is 6.92 Å². The summed E-state index contributed by atoms with van der Waals surface area (Å²) in [5.41, 5.74) is 0.508. The molecule has 0 heterocycles. The fourth-order valence-electron chi connectivity index (χ4n) is 1.07. The predicted octanol–water partition coefficient (Wildman–Crippen LogP) is 2.20. The number of esters is 1. The van der Waals surface area contributed by atoms with Crippen molar-refractivity contribution in [3.05, 3.63) is 28.3 Å². The van der Waals surface area contributed by atoms with Gasteiger partial charge in [0.05, 0.1) is 12.1 Å². The van der Waals surface area contributed by atoms with Gasteiger partial charge in [-0.05, 0) is 19.1 Å². The molecule has 0 fully saturated rings. The smallest absolute Gasteiger partial charge is 0.341 e. The molecule has 1 aromatic rings. The van der Waals surface area contributed by atoms with Gasteiger partial charge in [-0.3, -0.25) is 0 Å². The van der Waals surface area contributed by atoms with Gasteiger partial charge in [-0.15, -0.1) is 5.92 Å². The molecule has 0 radical (unpaired) electrons. The van der Waals surface area contributed by atoms with Crippen molar-refractivity contribution in [1.29, 1.82) is 0 Å². The Bertz CT molecular complexity index is 455. The molecule has 0 aliphatic rings. The van der Waals surface area contributed by atoms with Crippen molar-refractivity contribution < 1.29 is 14.6 Å². The van der Waals surface area contributed by atoms with E-state index in [2.05, 4.69) is 16.6 Å². The Hall–Kier alpha value is -1.66. The van der Waals surface area contributed by atoms with Gasteiger partial charge in [0.2, 0.25) is 0 Å². The lowest BCUT2D eigenvalue weighted by Gasteiger charge is -2.04. The molecule has 0 bridgehead atoms. The molecule has 1 aromatic carbocycles. The topological polar surface area (TPSA) is 46.5 Å². The van der Waals surface area contributed by atoms with Gasteiger partial charge < -0.3 is 9.84 Å². The highest BCUT2D eigenvalue weighted by atomic mass is 35.5. The van der Waals surface area contributed by atoms with Crippen LogP contribution in [-0.4, -0.2) is 18.2 Å². The summed E-state index contributed by atoms with van der Waals surface area (Å²) in [7, 11) is 1.23. The van der Waals surface area contributed by atoms with E-state index in [0.29, 0.717) is 10.6 Å². The molecular formula is C11H9ClO3. The number of carbonyl (C=O) groups excluding carboxylic acids is 1. The molecule has 78 valence electrons. The maximum Gasteiger partial charge on any atom is 0.341 e. The number of rotatable bonds is 1. The minimum atomic E-state index is -0.634. The normalized spacial score (nSPS) is 9.00. The van der Waals surface area contributed by atoms with Gasteiger partial charge >= 0.3 is 5.97 Å². The van der Waals surface area contributed by atoms with Crippen LogP contribution in [0.25, 0.3) is 0 Å². The maximum absolute atomic E-state index is 11.2. The fourth-order valence-corrected chi connectivity index (χ4v) is 1.28. The third-order valence-electron chi connectivity index (χ3n) is 1.75. The molecule has 0 saturated heterocycles. The molecule has 0 atom stereocenters. The van der Waals surface area contributed by atoms with E-state index in [4.69, 9.17) is 11.6 Å². The number of phenolic OH excluding ortho intramolecular Hbond substituents is 1. The van der Waals surface area contributed by atoms with Gasteiger partial charge in [0, 0.05) is 5.56 Å². The highest BCUT2D eigenvalue weighted by Gasteiger charge is 2.14. The zero-order chi connectivity index (χ0) is 11.4. The fraction of sp³-hybridized carbons (Fsp3) is 0.182. The number of phenols is 1. The number of aromatic hydroxyl groups is 1. The highest BCUT2D eigenvalue weighted by Crippen LogP contribution is 2.26. The molecule has 15 heavy (non-hydrogen) atoms. The molecule has 0 saturated carbocycles. The molecule has 1 N–H and O–H groups in total. The molecule has 0 aliphatic heterocycles. The lowest BCUT2D eigenvalue weighted by Crippen LogP contribution is -2.01. The minimum absolute atomic E-state index is 0.0316. The number of hydrogen-bond donors (Lipinski definition) is 1. The average Bonchev–Trinajstić information content (AvgIpc) is 2.22. The van der Waals surface area contributed by atoms with Crippen LogP contribution in [0.4, 0.5) is 0 Å². The third kappa shape index (κ3) is 2.42. The summed E-state index contributed by atoms with van der Waals surface area (Å²) in [5, 5.41) is 9.82. The standard InChI is InChI=1S/C11H9ClO3/c1-3-4-7-5-10(13)8(6-9(7)12)11(14)15-2/h5-6,13H,1-2H3. The number of carbonyl (C=O) groups is 1. The second kappa shape index (κ2) is 4.72. The Morgan fingerprint density at radius 2 is 2.20 bits per heavy atom. The van der Waals surface area contributed by atoms with Crippen LogP contribution in [-0.2, 0) is 4.74 Å². The van der Waals surface area contributed by atoms with Gasteiger partial charge in [-0.2, -0.15) is 0 Å². The van der Waals surface area contributed by atoms with E-state index in [1.165, 1.54) is 19.2 Å².